The molecule has 0 heterocycles. The Morgan fingerprint density at radius 1 is 1.10 bits per heavy atom. The Hall–Kier alpha value is -0.240. The highest BCUT2D eigenvalue weighted by atomic mass is 35.5. The van der Waals surface area contributed by atoms with Gasteiger partial charge in [0.2, 0.25) is 5.91 Å². The van der Waals surface area contributed by atoms with Crippen LogP contribution < -0.4 is 5.32 Å². The van der Waals surface area contributed by atoms with Crippen LogP contribution in [-0.2, 0) is 4.79 Å². The van der Waals surface area contributed by atoms with Crippen molar-refractivity contribution in [3.63, 3.8) is 0 Å². The molecule has 2 aliphatic rings. The van der Waals surface area contributed by atoms with Gasteiger partial charge in [0.05, 0.1) is 5.54 Å². The molecule has 0 aliphatic heterocycles. The minimum Gasteiger partial charge on any atom is -0.349 e. The van der Waals surface area contributed by atoms with E-state index in [1.165, 1.54) is 51.4 Å². The third-order valence-corrected chi connectivity index (χ3v) is 5.85. The van der Waals surface area contributed by atoms with Gasteiger partial charge in [-0.2, -0.15) is 0 Å². The zero-order valence-corrected chi connectivity index (χ0v) is 13.7. The SMILES string of the molecule is CC1CCC(CCl)(NC(=O)CC2CCCCCC2)CC1. The summed E-state index contributed by atoms with van der Waals surface area (Å²) < 4.78 is 0. The van der Waals surface area contributed by atoms with Crippen molar-refractivity contribution in [3.8, 4) is 0 Å². The van der Waals surface area contributed by atoms with Gasteiger partial charge in [-0.25, -0.2) is 0 Å². The van der Waals surface area contributed by atoms with E-state index in [2.05, 4.69) is 12.2 Å². The van der Waals surface area contributed by atoms with E-state index in [0.29, 0.717) is 18.2 Å². The van der Waals surface area contributed by atoms with E-state index in [9.17, 15) is 4.79 Å². The second kappa shape index (κ2) is 7.68. The van der Waals surface area contributed by atoms with E-state index in [-0.39, 0.29) is 11.4 Å². The summed E-state index contributed by atoms with van der Waals surface area (Å²) in [6, 6.07) is 0. The number of halogens is 1. The Morgan fingerprint density at radius 2 is 1.70 bits per heavy atom. The van der Waals surface area contributed by atoms with E-state index >= 15 is 0 Å². The molecule has 0 aromatic rings. The first-order chi connectivity index (χ1) is 9.63. The zero-order valence-electron chi connectivity index (χ0n) is 12.9. The Bertz CT molecular complexity index is 302. The molecule has 1 amide bonds. The summed E-state index contributed by atoms with van der Waals surface area (Å²) >= 11 is 6.18. The highest BCUT2D eigenvalue weighted by molar-refractivity contribution is 6.18. The highest BCUT2D eigenvalue weighted by Crippen LogP contribution is 2.33. The Morgan fingerprint density at radius 3 is 2.25 bits per heavy atom. The highest BCUT2D eigenvalue weighted by Gasteiger charge is 2.35. The molecular formula is C17H30ClNO. The standard InChI is InChI=1S/C17H30ClNO/c1-14-8-10-17(13-18,11-9-14)19-16(20)12-15-6-4-2-3-5-7-15/h14-15H,2-13H2,1H3,(H,19,20). The maximum Gasteiger partial charge on any atom is 0.220 e. The molecule has 0 saturated heterocycles. The topological polar surface area (TPSA) is 29.1 Å². The summed E-state index contributed by atoms with van der Waals surface area (Å²) in [5.41, 5.74) is -0.115. The normalized spacial score (nSPS) is 32.6. The van der Waals surface area contributed by atoms with Crippen molar-refractivity contribution in [2.75, 3.05) is 5.88 Å². The van der Waals surface area contributed by atoms with Gasteiger partial charge in [0.25, 0.3) is 0 Å². The Balaban J connectivity index is 1.82. The smallest absolute Gasteiger partial charge is 0.220 e. The number of hydrogen-bond acceptors (Lipinski definition) is 1. The lowest BCUT2D eigenvalue weighted by Crippen LogP contribution is -2.52. The van der Waals surface area contributed by atoms with Crippen molar-refractivity contribution in [1.29, 1.82) is 0 Å². The lowest BCUT2D eigenvalue weighted by Gasteiger charge is -2.39. The van der Waals surface area contributed by atoms with Crippen LogP contribution in [0.25, 0.3) is 0 Å². The fourth-order valence-corrected chi connectivity index (χ4v) is 4.12. The van der Waals surface area contributed by atoms with Gasteiger partial charge < -0.3 is 5.32 Å². The number of nitrogens with one attached hydrogen (secondary N) is 1. The van der Waals surface area contributed by atoms with Crippen LogP contribution in [0.5, 0.6) is 0 Å². The second-order valence-electron chi connectivity index (χ2n) is 7.21. The Labute approximate surface area is 129 Å². The molecule has 0 aromatic carbocycles. The minimum absolute atomic E-state index is 0.115. The number of hydrogen-bond donors (Lipinski definition) is 1. The molecular weight excluding hydrogens is 270 g/mol. The van der Waals surface area contributed by atoms with Gasteiger partial charge in [0.15, 0.2) is 0 Å². The summed E-state index contributed by atoms with van der Waals surface area (Å²) in [6.07, 6.45) is 13.0. The molecule has 1 N–H and O–H groups in total. The number of alkyl halides is 1. The molecule has 0 atom stereocenters. The van der Waals surface area contributed by atoms with Crippen molar-refractivity contribution in [3.05, 3.63) is 0 Å². The Kier molecular flexibility index (Phi) is 6.20. The van der Waals surface area contributed by atoms with Crippen LogP contribution in [0.4, 0.5) is 0 Å². The van der Waals surface area contributed by atoms with Gasteiger partial charge >= 0.3 is 0 Å². The minimum atomic E-state index is -0.115. The largest absolute Gasteiger partial charge is 0.349 e. The fraction of sp³-hybridized carbons (Fsp3) is 0.941. The fourth-order valence-electron chi connectivity index (χ4n) is 3.78. The third kappa shape index (κ3) is 4.65. The molecule has 2 saturated carbocycles. The van der Waals surface area contributed by atoms with Gasteiger partial charge in [-0.05, 0) is 50.4 Å². The maximum absolute atomic E-state index is 12.4. The first-order valence-electron chi connectivity index (χ1n) is 8.50. The van der Waals surface area contributed by atoms with Gasteiger partial charge in [-0.1, -0.05) is 32.6 Å². The van der Waals surface area contributed by atoms with Crippen LogP contribution >= 0.6 is 11.6 Å². The average Bonchev–Trinajstić information content (AvgIpc) is 2.70. The molecule has 2 rings (SSSR count). The maximum atomic E-state index is 12.4. The average molecular weight is 300 g/mol. The first-order valence-corrected chi connectivity index (χ1v) is 9.04. The molecule has 2 fully saturated rings. The van der Waals surface area contributed by atoms with Crippen molar-refractivity contribution in [1.82, 2.24) is 5.32 Å². The van der Waals surface area contributed by atoms with Crippen molar-refractivity contribution < 1.29 is 4.79 Å². The summed E-state index contributed by atoms with van der Waals surface area (Å²) in [4.78, 5) is 12.4. The molecule has 0 bridgehead atoms. The zero-order chi connectivity index (χ0) is 14.4. The van der Waals surface area contributed by atoms with E-state index in [1.807, 2.05) is 0 Å². The quantitative estimate of drug-likeness (QED) is 0.594. The monoisotopic (exact) mass is 299 g/mol. The summed E-state index contributed by atoms with van der Waals surface area (Å²) in [5.74, 6) is 2.19. The van der Waals surface area contributed by atoms with Crippen LogP contribution in [0.3, 0.4) is 0 Å². The van der Waals surface area contributed by atoms with Gasteiger partial charge in [-0.3, -0.25) is 4.79 Å². The van der Waals surface area contributed by atoms with E-state index in [0.717, 1.165) is 18.8 Å². The van der Waals surface area contributed by atoms with Crippen molar-refractivity contribution in [2.24, 2.45) is 11.8 Å². The molecule has 2 nitrogen and oxygen atoms in total. The summed E-state index contributed by atoms with van der Waals surface area (Å²) in [7, 11) is 0. The van der Waals surface area contributed by atoms with Crippen LogP contribution in [0, 0.1) is 11.8 Å². The molecule has 0 radical (unpaired) electrons. The number of carbonyl (C=O) groups excluding carboxylic acids is 1. The molecule has 2 aliphatic carbocycles. The molecule has 116 valence electrons. The van der Waals surface area contributed by atoms with Crippen molar-refractivity contribution in [2.45, 2.75) is 83.1 Å². The lowest BCUT2D eigenvalue weighted by atomic mass is 9.78. The molecule has 3 heteroatoms. The number of carbonyl (C=O) groups is 1. The first kappa shape index (κ1) is 16.1. The van der Waals surface area contributed by atoms with Gasteiger partial charge in [0.1, 0.15) is 0 Å². The number of amides is 1. The van der Waals surface area contributed by atoms with Gasteiger partial charge in [0, 0.05) is 12.3 Å². The molecule has 0 aromatic heterocycles. The predicted octanol–water partition coefficient (Wildman–Crippen LogP) is 4.65. The van der Waals surface area contributed by atoms with Gasteiger partial charge in [-0.15, -0.1) is 11.6 Å². The summed E-state index contributed by atoms with van der Waals surface area (Å²) in [5, 5.41) is 3.30. The van der Waals surface area contributed by atoms with E-state index in [4.69, 9.17) is 11.6 Å². The molecule has 20 heavy (non-hydrogen) atoms. The van der Waals surface area contributed by atoms with Crippen molar-refractivity contribution >= 4 is 17.5 Å². The van der Waals surface area contributed by atoms with Crippen LogP contribution in [-0.4, -0.2) is 17.3 Å². The lowest BCUT2D eigenvalue weighted by molar-refractivity contribution is -0.124. The van der Waals surface area contributed by atoms with Crippen LogP contribution in [0.15, 0.2) is 0 Å². The predicted molar refractivity (Wildman–Crippen MR) is 85.0 cm³/mol. The second-order valence-corrected chi connectivity index (χ2v) is 7.47. The number of rotatable bonds is 4. The molecule has 0 spiro atoms. The van der Waals surface area contributed by atoms with E-state index in [1.54, 1.807) is 0 Å². The van der Waals surface area contributed by atoms with E-state index < -0.39 is 0 Å². The van der Waals surface area contributed by atoms with Crippen LogP contribution in [0.1, 0.15) is 77.6 Å². The van der Waals surface area contributed by atoms with Crippen LogP contribution in [0.2, 0.25) is 0 Å². The molecule has 0 unspecified atom stereocenters. The summed E-state index contributed by atoms with van der Waals surface area (Å²) in [6.45, 7) is 2.30. The third-order valence-electron chi connectivity index (χ3n) is 5.34.